The van der Waals surface area contributed by atoms with E-state index in [-0.39, 0.29) is 11.8 Å². The first-order chi connectivity index (χ1) is 11.7. The molecular formula is C18H29N3O3. The minimum atomic E-state index is 0.194. The van der Waals surface area contributed by atoms with E-state index in [1.54, 1.807) is 13.2 Å². The number of hydrogen-bond donors (Lipinski definition) is 2. The van der Waals surface area contributed by atoms with Gasteiger partial charge in [-0.15, -0.1) is 0 Å². The van der Waals surface area contributed by atoms with E-state index in [1.165, 1.54) is 5.56 Å². The summed E-state index contributed by atoms with van der Waals surface area (Å²) in [5.74, 6) is 0.738. The normalized spacial score (nSPS) is 24.7. The van der Waals surface area contributed by atoms with Crippen LogP contribution in [0.25, 0.3) is 0 Å². The number of nitrogens with one attached hydrogen (secondary N) is 1. The van der Waals surface area contributed by atoms with E-state index in [1.807, 2.05) is 12.1 Å². The Hall–Kier alpha value is -1.34. The summed E-state index contributed by atoms with van der Waals surface area (Å²) in [7, 11) is 1.60. The summed E-state index contributed by atoms with van der Waals surface area (Å²) in [6, 6.07) is 6.51. The van der Waals surface area contributed by atoms with Gasteiger partial charge in [0.05, 0.1) is 20.3 Å². The van der Waals surface area contributed by atoms with Crippen molar-refractivity contribution >= 4 is 0 Å². The van der Waals surface area contributed by atoms with Gasteiger partial charge in [0.15, 0.2) is 11.5 Å². The number of hydrogen-bond acceptors (Lipinski definition) is 6. The summed E-state index contributed by atoms with van der Waals surface area (Å²) >= 11 is 0. The van der Waals surface area contributed by atoms with Crippen molar-refractivity contribution in [2.24, 2.45) is 0 Å². The third-order valence-electron chi connectivity index (χ3n) is 5.08. The summed E-state index contributed by atoms with van der Waals surface area (Å²) in [6.07, 6.45) is 0. The molecule has 0 radical (unpaired) electrons. The molecule has 0 amide bonds. The van der Waals surface area contributed by atoms with Crippen LogP contribution in [0.5, 0.6) is 11.5 Å². The first-order valence-corrected chi connectivity index (χ1v) is 8.82. The Morgan fingerprint density at radius 2 is 2.12 bits per heavy atom. The number of rotatable bonds is 5. The lowest BCUT2D eigenvalue weighted by molar-refractivity contribution is 0.0137. The summed E-state index contributed by atoms with van der Waals surface area (Å²) in [5.41, 5.74) is 1.20. The fourth-order valence-corrected chi connectivity index (χ4v) is 3.65. The number of methoxy groups -OCH3 is 1. The number of phenolic OH excluding ortho intramolecular Hbond substituents is 1. The number of ether oxygens (including phenoxy) is 2. The molecule has 2 unspecified atom stereocenters. The standard InChI is InChI=1S/C18H29N3O3/c1-14-12-19-5-6-21(14)16(13-20-7-9-24-10-8-20)15-3-4-17(22)18(11-15)23-2/h3-4,11,14,16,19,22H,5-10,12-13H2,1-2H3. The van der Waals surface area contributed by atoms with Gasteiger partial charge in [0.2, 0.25) is 0 Å². The topological polar surface area (TPSA) is 57.2 Å². The van der Waals surface area contributed by atoms with Crippen LogP contribution in [0, 0.1) is 0 Å². The quantitative estimate of drug-likeness (QED) is 0.839. The van der Waals surface area contributed by atoms with Crippen LogP contribution < -0.4 is 10.1 Å². The average Bonchev–Trinajstić information content (AvgIpc) is 2.62. The van der Waals surface area contributed by atoms with Crippen molar-refractivity contribution in [1.82, 2.24) is 15.1 Å². The summed E-state index contributed by atoms with van der Waals surface area (Å²) in [4.78, 5) is 5.04. The maximum Gasteiger partial charge on any atom is 0.160 e. The second kappa shape index (κ2) is 8.16. The number of piperazine rings is 1. The van der Waals surface area contributed by atoms with Gasteiger partial charge in [-0.05, 0) is 24.6 Å². The largest absolute Gasteiger partial charge is 0.504 e. The smallest absolute Gasteiger partial charge is 0.160 e. The van der Waals surface area contributed by atoms with Crippen LogP contribution in [-0.2, 0) is 4.74 Å². The van der Waals surface area contributed by atoms with Gasteiger partial charge in [0.25, 0.3) is 0 Å². The zero-order valence-corrected chi connectivity index (χ0v) is 14.7. The van der Waals surface area contributed by atoms with Crippen molar-refractivity contribution in [3.05, 3.63) is 23.8 Å². The number of phenols is 1. The molecule has 2 fully saturated rings. The van der Waals surface area contributed by atoms with Crippen molar-refractivity contribution in [2.45, 2.75) is 19.0 Å². The molecule has 2 aliphatic heterocycles. The predicted octanol–water partition coefficient (Wildman–Crippen LogP) is 1.07. The molecule has 0 saturated carbocycles. The molecule has 134 valence electrons. The van der Waals surface area contributed by atoms with Crippen LogP contribution in [0.15, 0.2) is 18.2 Å². The Balaban J connectivity index is 1.85. The van der Waals surface area contributed by atoms with Crippen LogP contribution in [0.3, 0.4) is 0 Å². The second-order valence-corrected chi connectivity index (χ2v) is 6.65. The van der Waals surface area contributed by atoms with Crippen molar-refractivity contribution in [1.29, 1.82) is 0 Å². The van der Waals surface area contributed by atoms with E-state index in [4.69, 9.17) is 9.47 Å². The molecule has 2 N–H and O–H groups in total. The molecule has 24 heavy (non-hydrogen) atoms. The molecule has 2 saturated heterocycles. The zero-order chi connectivity index (χ0) is 16.9. The van der Waals surface area contributed by atoms with Gasteiger partial charge in [-0.25, -0.2) is 0 Å². The van der Waals surface area contributed by atoms with Gasteiger partial charge in [0.1, 0.15) is 0 Å². The first-order valence-electron chi connectivity index (χ1n) is 8.82. The third-order valence-corrected chi connectivity index (χ3v) is 5.08. The molecule has 1 aromatic carbocycles. The van der Waals surface area contributed by atoms with Gasteiger partial charge < -0.3 is 19.9 Å². The molecule has 2 aliphatic rings. The Kier molecular flexibility index (Phi) is 5.94. The lowest BCUT2D eigenvalue weighted by Crippen LogP contribution is -2.53. The monoisotopic (exact) mass is 335 g/mol. The van der Waals surface area contributed by atoms with E-state index in [0.29, 0.717) is 11.8 Å². The van der Waals surface area contributed by atoms with Gasteiger partial charge in [0, 0.05) is 51.4 Å². The van der Waals surface area contributed by atoms with Gasteiger partial charge in [-0.3, -0.25) is 9.80 Å². The highest BCUT2D eigenvalue weighted by atomic mass is 16.5. The molecule has 0 aliphatic carbocycles. The molecule has 2 heterocycles. The number of aromatic hydroxyl groups is 1. The molecular weight excluding hydrogens is 306 g/mol. The molecule has 6 heteroatoms. The fraction of sp³-hybridized carbons (Fsp3) is 0.667. The average molecular weight is 335 g/mol. The molecule has 0 aromatic heterocycles. The highest BCUT2D eigenvalue weighted by Crippen LogP contribution is 2.32. The number of nitrogens with zero attached hydrogens (tertiary/aromatic N) is 2. The SMILES string of the molecule is COc1cc(C(CN2CCOCC2)N2CCNCC2C)ccc1O. The van der Waals surface area contributed by atoms with Gasteiger partial charge >= 0.3 is 0 Å². The van der Waals surface area contributed by atoms with E-state index in [0.717, 1.165) is 52.5 Å². The predicted molar refractivity (Wildman–Crippen MR) is 93.7 cm³/mol. The van der Waals surface area contributed by atoms with E-state index in [9.17, 15) is 5.11 Å². The van der Waals surface area contributed by atoms with Crippen LogP contribution in [0.1, 0.15) is 18.5 Å². The molecule has 1 aromatic rings. The van der Waals surface area contributed by atoms with E-state index < -0.39 is 0 Å². The number of morpholine rings is 1. The Morgan fingerprint density at radius 1 is 1.33 bits per heavy atom. The number of benzene rings is 1. The van der Waals surface area contributed by atoms with Crippen LogP contribution >= 0.6 is 0 Å². The highest BCUT2D eigenvalue weighted by molar-refractivity contribution is 5.43. The highest BCUT2D eigenvalue weighted by Gasteiger charge is 2.29. The second-order valence-electron chi connectivity index (χ2n) is 6.65. The van der Waals surface area contributed by atoms with Crippen LogP contribution in [0.4, 0.5) is 0 Å². The van der Waals surface area contributed by atoms with Crippen molar-refractivity contribution in [2.75, 3.05) is 59.6 Å². The third kappa shape index (κ3) is 4.00. The minimum Gasteiger partial charge on any atom is -0.504 e. The Morgan fingerprint density at radius 3 is 2.83 bits per heavy atom. The summed E-state index contributed by atoms with van der Waals surface area (Å²) in [6.45, 7) is 9.87. The summed E-state index contributed by atoms with van der Waals surface area (Å²) < 4.78 is 10.8. The van der Waals surface area contributed by atoms with Crippen LogP contribution in [0.2, 0.25) is 0 Å². The maximum absolute atomic E-state index is 9.92. The summed E-state index contributed by atoms with van der Waals surface area (Å²) in [5, 5.41) is 13.4. The first kappa shape index (κ1) is 17.5. The van der Waals surface area contributed by atoms with Gasteiger partial charge in [-0.1, -0.05) is 6.07 Å². The Labute approximate surface area is 144 Å². The van der Waals surface area contributed by atoms with E-state index >= 15 is 0 Å². The van der Waals surface area contributed by atoms with Crippen LogP contribution in [-0.4, -0.2) is 80.5 Å². The molecule has 2 atom stereocenters. The zero-order valence-electron chi connectivity index (χ0n) is 14.7. The fourth-order valence-electron chi connectivity index (χ4n) is 3.65. The molecule has 6 nitrogen and oxygen atoms in total. The molecule has 0 bridgehead atoms. The van der Waals surface area contributed by atoms with E-state index in [2.05, 4.69) is 22.0 Å². The lowest BCUT2D eigenvalue weighted by Gasteiger charge is -2.42. The maximum atomic E-state index is 9.92. The van der Waals surface area contributed by atoms with Gasteiger partial charge in [-0.2, -0.15) is 0 Å². The Bertz CT molecular complexity index is 534. The lowest BCUT2D eigenvalue weighted by atomic mass is 10.0. The van der Waals surface area contributed by atoms with Crippen molar-refractivity contribution in [3.63, 3.8) is 0 Å². The molecule has 3 rings (SSSR count). The minimum absolute atomic E-state index is 0.194. The van der Waals surface area contributed by atoms with Crippen molar-refractivity contribution in [3.8, 4) is 11.5 Å². The van der Waals surface area contributed by atoms with Crippen molar-refractivity contribution < 1.29 is 14.6 Å². The molecule has 0 spiro atoms.